The minimum absolute atomic E-state index is 0.0492. The van der Waals surface area contributed by atoms with Crippen LogP contribution in [0.1, 0.15) is 6.92 Å². The van der Waals surface area contributed by atoms with Crippen LogP contribution in [0.3, 0.4) is 0 Å². The molecule has 0 atom stereocenters. The maximum Gasteiger partial charge on any atom is 0.337 e. The number of aliphatic carboxylic acids is 1. The van der Waals surface area contributed by atoms with Crippen LogP contribution >= 0.6 is 0 Å². The Bertz CT molecular complexity index is 285. The molecule has 3 nitrogen and oxygen atoms in total. The van der Waals surface area contributed by atoms with Gasteiger partial charge in [-0.1, -0.05) is 24.8 Å². The van der Waals surface area contributed by atoms with Crippen LogP contribution in [-0.4, -0.2) is 11.1 Å². The Kier molecular flexibility index (Phi) is 5.03. The lowest BCUT2D eigenvalue weighted by atomic mass is 10.1. The first-order valence-corrected chi connectivity index (χ1v) is 3.78. The molecule has 0 saturated heterocycles. The summed E-state index contributed by atoms with van der Waals surface area (Å²) in [4.78, 5) is 10.6. The molecule has 0 spiro atoms. The van der Waals surface area contributed by atoms with Gasteiger partial charge in [-0.15, -0.1) is 0 Å². The fourth-order valence-electron chi connectivity index (χ4n) is 0.699. The molecule has 0 aromatic carbocycles. The molecule has 0 unspecified atom stereocenters. The zero-order chi connectivity index (χ0) is 10.3. The Morgan fingerprint density at radius 3 is 2.46 bits per heavy atom. The van der Waals surface area contributed by atoms with E-state index in [2.05, 4.69) is 6.58 Å². The molecule has 0 fully saturated rings. The lowest BCUT2D eigenvalue weighted by molar-refractivity contribution is -0.132. The molecular formula is C10H13NO2. The lowest BCUT2D eigenvalue weighted by Crippen LogP contribution is -2.09. The second kappa shape index (κ2) is 5.83. The fourth-order valence-corrected chi connectivity index (χ4v) is 0.699. The number of hydrogen-bond donors (Lipinski definition) is 2. The Labute approximate surface area is 77.6 Å². The number of carboxylic acid groups (broad SMARTS) is 1. The maximum atomic E-state index is 10.6. The summed E-state index contributed by atoms with van der Waals surface area (Å²) < 4.78 is 0. The highest BCUT2D eigenvalue weighted by atomic mass is 16.4. The second-order valence-electron chi connectivity index (χ2n) is 2.27. The highest BCUT2D eigenvalue weighted by molar-refractivity contribution is 5.91. The van der Waals surface area contributed by atoms with Crippen molar-refractivity contribution in [1.82, 2.24) is 0 Å². The average Bonchev–Trinajstić information content (AvgIpc) is 2.09. The molecule has 0 aromatic rings. The highest BCUT2D eigenvalue weighted by Gasteiger charge is 2.07. The first kappa shape index (κ1) is 11.2. The van der Waals surface area contributed by atoms with E-state index in [-0.39, 0.29) is 11.3 Å². The van der Waals surface area contributed by atoms with Crippen molar-refractivity contribution in [2.75, 3.05) is 0 Å². The Morgan fingerprint density at radius 2 is 2.08 bits per heavy atom. The predicted octanol–water partition coefficient (Wildman–Crippen LogP) is 1.60. The largest absolute Gasteiger partial charge is 0.478 e. The molecule has 0 aromatic heterocycles. The quantitative estimate of drug-likeness (QED) is 0.509. The molecule has 0 aliphatic carbocycles. The van der Waals surface area contributed by atoms with Gasteiger partial charge in [0.25, 0.3) is 0 Å². The van der Waals surface area contributed by atoms with Gasteiger partial charge in [0.2, 0.25) is 0 Å². The highest BCUT2D eigenvalue weighted by Crippen LogP contribution is 2.04. The van der Waals surface area contributed by atoms with Crippen molar-refractivity contribution in [1.29, 1.82) is 0 Å². The molecule has 0 radical (unpaired) electrons. The molecule has 0 aliphatic heterocycles. The zero-order valence-corrected chi connectivity index (χ0v) is 7.53. The van der Waals surface area contributed by atoms with Crippen LogP contribution in [0.4, 0.5) is 0 Å². The molecule has 3 N–H and O–H groups in total. The van der Waals surface area contributed by atoms with E-state index < -0.39 is 5.97 Å². The molecule has 0 saturated carbocycles. The van der Waals surface area contributed by atoms with Gasteiger partial charge in [0.05, 0.1) is 5.57 Å². The van der Waals surface area contributed by atoms with Crippen molar-refractivity contribution in [3.05, 3.63) is 48.2 Å². The van der Waals surface area contributed by atoms with Crippen LogP contribution in [0.15, 0.2) is 48.2 Å². The van der Waals surface area contributed by atoms with Crippen LogP contribution < -0.4 is 5.73 Å². The summed E-state index contributed by atoms with van der Waals surface area (Å²) in [6, 6.07) is 0. The first-order chi connectivity index (χ1) is 6.13. The number of nitrogens with two attached hydrogens (primary N) is 1. The van der Waals surface area contributed by atoms with Gasteiger partial charge in [-0.3, -0.25) is 0 Å². The molecule has 3 heteroatoms. The fraction of sp³-hybridized carbons (Fsp3) is 0.100. The summed E-state index contributed by atoms with van der Waals surface area (Å²) in [6.45, 7) is 5.23. The van der Waals surface area contributed by atoms with Gasteiger partial charge in [0.1, 0.15) is 0 Å². The van der Waals surface area contributed by atoms with E-state index >= 15 is 0 Å². The van der Waals surface area contributed by atoms with Crippen LogP contribution in [0.2, 0.25) is 0 Å². The lowest BCUT2D eigenvalue weighted by Gasteiger charge is -1.99. The third kappa shape index (κ3) is 3.96. The van der Waals surface area contributed by atoms with Crippen LogP contribution in [0, 0.1) is 0 Å². The predicted molar refractivity (Wildman–Crippen MR) is 53.0 cm³/mol. The van der Waals surface area contributed by atoms with E-state index in [1.165, 1.54) is 18.2 Å². The summed E-state index contributed by atoms with van der Waals surface area (Å²) in [5.41, 5.74) is 5.77. The number of rotatable bonds is 4. The molecule has 0 aliphatic rings. The van der Waals surface area contributed by atoms with E-state index in [0.717, 1.165) is 0 Å². The van der Waals surface area contributed by atoms with Gasteiger partial charge in [-0.25, -0.2) is 4.79 Å². The normalized spacial score (nSPS) is 13.3. The average molecular weight is 179 g/mol. The van der Waals surface area contributed by atoms with Crippen molar-refractivity contribution in [2.45, 2.75) is 6.92 Å². The Balaban J connectivity index is 4.86. The van der Waals surface area contributed by atoms with Gasteiger partial charge >= 0.3 is 5.97 Å². The Hall–Kier alpha value is -1.77. The second-order valence-corrected chi connectivity index (χ2v) is 2.27. The molecule has 0 amide bonds. The SMILES string of the molecule is C=C\C=C(C(=O)O)/C(N)=C\C=C/C. The third-order valence-corrected chi connectivity index (χ3v) is 1.29. The topological polar surface area (TPSA) is 63.3 Å². The summed E-state index contributed by atoms with van der Waals surface area (Å²) in [7, 11) is 0. The summed E-state index contributed by atoms with van der Waals surface area (Å²) in [6.07, 6.45) is 7.72. The molecule has 0 rings (SSSR count). The summed E-state index contributed by atoms with van der Waals surface area (Å²) >= 11 is 0. The van der Waals surface area contributed by atoms with Gasteiger partial charge < -0.3 is 10.8 Å². The van der Waals surface area contributed by atoms with Crippen molar-refractivity contribution in [2.24, 2.45) is 5.73 Å². The maximum absolute atomic E-state index is 10.6. The van der Waals surface area contributed by atoms with E-state index in [1.807, 2.05) is 6.92 Å². The monoisotopic (exact) mass is 179 g/mol. The standard InChI is InChI=1S/C10H13NO2/c1-3-5-7-9(11)8(6-4-2)10(12)13/h3-7H,2,11H2,1H3,(H,12,13)/b5-3-,8-6+,9-7+. The smallest absolute Gasteiger partial charge is 0.337 e. The number of carboxylic acids is 1. The van der Waals surface area contributed by atoms with Crippen molar-refractivity contribution in [3.8, 4) is 0 Å². The molecule has 13 heavy (non-hydrogen) atoms. The van der Waals surface area contributed by atoms with Crippen molar-refractivity contribution in [3.63, 3.8) is 0 Å². The first-order valence-electron chi connectivity index (χ1n) is 3.78. The number of carbonyl (C=O) groups is 1. The van der Waals surface area contributed by atoms with Crippen LogP contribution in [-0.2, 0) is 4.79 Å². The summed E-state index contributed by atoms with van der Waals surface area (Å²) in [5.74, 6) is -1.06. The van der Waals surface area contributed by atoms with Gasteiger partial charge in [0, 0.05) is 5.70 Å². The van der Waals surface area contributed by atoms with E-state index in [0.29, 0.717) is 0 Å². The Morgan fingerprint density at radius 1 is 1.46 bits per heavy atom. The number of allylic oxidation sites excluding steroid dienone is 5. The number of hydrogen-bond acceptors (Lipinski definition) is 2. The van der Waals surface area contributed by atoms with E-state index in [4.69, 9.17) is 10.8 Å². The third-order valence-electron chi connectivity index (χ3n) is 1.29. The van der Waals surface area contributed by atoms with Crippen LogP contribution in [0.25, 0.3) is 0 Å². The minimum atomic E-state index is -1.06. The zero-order valence-electron chi connectivity index (χ0n) is 7.53. The van der Waals surface area contributed by atoms with E-state index in [1.54, 1.807) is 12.2 Å². The van der Waals surface area contributed by atoms with Crippen molar-refractivity contribution >= 4 is 5.97 Å². The molecule has 0 heterocycles. The van der Waals surface area contributed by atoms with E-state index in [9.17, 15) is 4.79 Å². The minimum Gasteiger partial charge on any atom is -0.478 e. The van der Waals surface area contributed by atoms with Gasteiger partial charge in [0.15, 0.2) is 0 Å². The molecule has 0 bridgehead atoms. The van der Waals surface area contributed by atoms with Gasteiger partial charge in [-0.05, 0) is 19.1 Å². The van der Waals surface area contributed by atoms with Crippen molar-refractivity contribution < 1.29 is 9.90 Å². The molecule has 70 valence electrons. The van der Waals surface area contributed by atoms with Crippen LogP contribution in [0.5, 0.6) is 0 Å². The van der Waals surface area contributed by atoms with Gasteiger partial charge in [-0.2, -0.15) is 0 Å². The molecular weight excluding hydrogens is 166 g/mol. The summed E-state index contributed by atoms with van der Waals surface area (Å²) in [5, 5.41) is 8.71.